The van der Waals surface area contributed by atoms with Crippen molar-refractivity contribution in [2.45, 2.75) is 44.6 Å². The van der Waals surface area contributed by atoms with Crippen LogP contribution < -0.4 is 16.4 Å². The quantitative estimate of drug-likeness (QED) is 0.776. The van der Waals surface area contributed by atoms with E-state index < -0.39 is 0 Å². The largest absolute Gasteiger partial charge is 0.326 e. The van der Waals surface area contributed by atoms with Crippen LogP contribution in [0.1, 0.15) is 54.9 Å². The van der Waals surface area contributed by atoms with Gasteiger partial charge in [0.25, 0.3) is 0 Å². The van der Waals surface area contributed by atoms with Crippen molar-refractivity contribution in [3.05, 3.63) is 56.8 Å². The van der Waals surface area contributed by atoms with Gasteiger partial charge in [-0.3, -0.25) is 9.36 Å². The molecular weight excluding hydrogens is 357 g/mol. The highest BCUT2D eigenvalue weighted by molar-refractivity contribution is 5.95. The number of piperidine rings is 1. The predicted octanol–water partition coefficient (Wildman–Crippen LogP) is 1.97. The summed E-state index contributed by atoms with van der Waals surface area (Å²) in [4.78, 5) is 29.9. The average molecular weight is 383 g/mol. The molecule has 148 valence electrons. The Kier molecular flexibility index (Phi) is 5.57. The van der Waals surface area contributed by atoms with Crippen molar-refractivity contribution in [3.63, 3.8) is 0 Å². The van der Waals surface area contributed by atoms with Gasteiger partial charge in [0.1, 0.15) is 5.82 Å². The second-order valence-corrected chi connectivity index (χ2v) is 7.69. The second-order valence-electron chi connectivity index (χ2n) is 7.69. The topological polar surface area (TPSA) is 58.1 Å². The molecule has 4 rings (SSSR count). The van der Waals surface area contributed by atoms with E-state index in [4.69, 9.17) is 0 Å². The number of halogens is 1. The molecule has 5 nitrogen and oxygen atoms in total. The SMILES string of the molecule is O=C(CCCN1CCC(n2c(=O)[nH]c3c2=CCCC=3)CC1)c1ccc(F)cc1. The molecule has 0 atom stereocenters. The third-order valence-electron chi connectivity index (χ3n) is 5.82. The fourth-order valence-corrected chi connectivity index (χ4v) is 4.30. The Bertz CT molecular complexity index is 1010. The van der Waals surface area contributed by atoms with E-state index in [1.165, 1.54) is 12.1 Å². The summed E-state index contributed by atoms with van der Waals surface area (Å²) in [5, 5.41) is 2.03. The molecule has 0 bridgehead atoms. The van der Waals surface area contributed by atoms with Crippen LogP contribution in [0.5, 0.6) is 0 Å². The smallest absolute Gasteiger partial charge is 0.306 e. The zero-order chi connectivity index (χ0) is 19.5. The number of benzene rings is 1. The maximum atomic E-state index is 13.0. The van der Waals surface area contributed by atoms with E-state index in [-0.39, 0.29) is 23.3 Å². The normalized spacial score (nSPS) is 17.6. The number of nitrogens with zero attached hydrogens (tertiary/aromatic N) is 2. The standard InChI is InChI=1S/C22H26FN3O2/c23-17-9-7-16(8-10-17)21(27)6-3-13-25-14-11-18(12-15-25)26-20-5-2-1-4-19(20)24-22(26)28/h4-5,7-10,18H,1-3,6,11-15H2,(H,24,28). The Morgan fingerprint density at radius 3 is 2.57 bits per heavy atom. The van der Waals surface area contributed by atoms with Crippen LogP contribution in [0.4, 0.5) is 4.39 Å². The van der Waals surface area contributed by atoms with E-state index in [1.807, 2.05) is 4.57 Å². The van der Waals surface area contributed by atoms with Crippen molar-refractivity contribution >= 4 is 17.9 Å². The van der Waals surface area contributed by atoms with Crippen molar-refractivity contribution in [3.8, 4) is 0 Å². The van der Waals surface area contributed by atoms with Gasteiger partial charge in [-0.15, -0.1) is 0 Å². The van der Waals surface area contributed by atoms with Gasteiger partial charge < -0.3 is 9.88 Å². The number of H-pyrrole nitrogens is 1. The Labute approximate surface area is 163 Å². The molecule has 0 radical (unpaired) electrons. The highest BCUT2D eigenvalue weighted by Crippen LogP contribution is 2.20. The molecule has 6 heteroatoms. The van der Waals surface area contributed by atoms with Crippen molar-refractivity contribution in [2.75, 3.05) is 19.6 Å². The summed E-state index contributed by atoms with van der Waals surface area (Å²) in [6, 6.07) is 6.00. The molecule has 1 aromatic carbocycles. The molecule has 1 fully saturated rings. The molecule has 1 N–H and O–H groups in total. The summed E-state index contributed by atoms with van der Waals surface area (Å²) in [5.74, 6) is -0.259. The lowest BCUT2D eigenvalue weighted by molar-refractivity contribution is 0.0970. The number of carbonyl (C=O) groups excluding carboxylic acids is 1. The molecule has 0 amide bonds. The number of likely N-dealkylation sites (tertiary alicyclic amines) is 1. The zero-order valence-corrected chi connectivity index (χ0v) is 16.0. The van der Waals surface area contributed by atoms with E-state index in [0.29, 0.717) is 12.0 Å². The lowest BCUT2D eigenvalue weighted by Crippen LogP contribution is -2.42. The summed E-state index contributed by atoms with van der Waals surface area (Å²) in [6.07, 6.45) is 9.42. The molecule has 28 heavy (non-hydrogen) atoms. The minimum absolute atomic E-state index is 0.00254. The first-order chi connectivity index (χ1) is 13.6. The van der Waals surface area contributed by atoms with Crippen molar-refractivity contribution < 1.29 is 9.18 Å². The molecule has 2 aliphatic rings. The van der Waals surface area contributed by atoms with Crippen LogP contribution >= 0.6 is 0 Å². The predicted molar refractivity (Wildman–Crippen MR) is 107 cm³/mol. The fourth-order valence-electron chi connectivity index (χ4n) is 4.30. The van der Waals surface area contributed by atoms with Crippen LogP contribution in [-0.4, -0.2) is 39.9 Å². The third kappa shape index (κ3) is 4.02. The zero-order valence-electron chi connectivity index (χ0n) is 16.0. The maximum Gasteiger partial charge on any atom is 0.326 e. The Hall–Kier alpha value is -2.47. The highest BCUT2D eigenvalue weighted by atomic mass is 19.1. The van der Waals surface area contributed by atoms with E-state index in [1.54, 1.807) is 12.1 Å². The Morgan fingerprint density at radius 1 is 1.11 bits per heavy atom. The number of imidazole rings is 1. The van der Waals surface area contributed by atoms with Crippen molar-refractivity contribution in [1.29, 1.82) is 0 Å². The van der Waals surface area contributed by atoms with Gasteiger partial charge >= 0.3 is 5.69 Å². The number of aromatic nitrogens is 2. The summed E-state index contributed by atoms with van der Waals surface area (Å²) >= 11 is 0. The van der Waals surface area contributed by atoms with Crippen LogP contribution in [0.15, 0.2) is 29.1 Å². The lowest BCUT2D eigenvalue weighted by Gasteiger charge is -2.32. The molecule has 0 saturated carbocycles. The number of rotatable bonds is 6. The van der Waals surface area contributed by atoms with Crippen molar-refractivity contribution in [1.82, 2.24) is 14.5 Å². The third-order valence-corrected chi connectivity index (χ3v) is 5.82. The van der Waals surface area contributed by atoms with E-state index in [9.17, 15) is 14.0 Å². The first-order valence-electron chi connectivity index (χ1n) is 10.1. The molecule has 1 aliphatic carbocycles. The summed E-state index contributed by atoms with van der Waals surface area (Å²) in [6.45, 7) is 2.75. The van der Waals surface area contributed by atoms with Crippen LogP contribution in [0.25, 0.3) is 12.2 Å². The minimum atomic E-state index is -0.322. The molecule has 0 unspecified atom stereocenters. The molecule has 0 spiro atoms. The number of carbonyl (C=O) groups is 1. The molecule has 1 aromatic heterocycles. The summed E-state index contributed by atoms with van der Waals surface area (Å²) in [7, 11) is 0. The number of Topliss-reactive ketones (excluding diaryl/α,β-unsaturated/α-hetero) is 1. The molecular formula is C22H26FN3O2. The average Bonchev–Trinajstić information content (AvgIpc) is 3.05. The summed E-state index contributed by atoms with van der Waals surface area (Å²) < 4.78 is 14.9. The highest BCUT2D eigenvalue weighted by Gasteiger charge is 2.23. The number of hydrogen-bond donors (Lipinski definition) is 1. The molecule has 1 aliphatic heterocycles. The lowest BCUT2D eigenvalue weighted by atomic mass is 10.0. The van der Waals surface area contributed by atoms with Gasteiger partial charge in [0, 0.05) is 31.1 Å². The van der Waals surface area contributed by atoms with Crippen LogP contribution in [0, 0.1) is 5.82 Å². The number of fused-ring (bicyclic) bond motifs is 1. The van der Waals surface area contributed by atoms with E-state index >= 15 is 0 Å². The van der Waals surface area contributed by atoms with Crippen LogP contribution in [0.2, 0.25) is 0 Å². The monoisotopic (exact) mass is 383 g/mol. The second kappa shape index (κ2) is 8.27. The van der Waals surface area contributed by atoms with Crippen molar-refractivity contribution in [2.24, 2.45) is 0 Å². The van der Waals surface area contributed by atoms with E-state index in [2.05, 4.69) is 22.0 Å². The molecule has 2 heterocycles. The van der Waals surface area contributed by atoms with Gasteiger partial charge in [-0.25, -0.2) is 9.18 Å². The fraction of sp³-hybridized carbons (Fsp3) is 0.455. The van der Waals surface area contributed by atoms with Gasteiger partial charge in [0.15, 0.2) is 5.78 Å². The number of ketones is 1. The van der Waals surface area contributed by atoms with Crippen LogP contribution in [-0.2, 0) is 0 Å². The summed E-state index contributed by atoms with van der Waals surface area (Å²) in [5.41, 5.74) is 0.576. The Morgan fingerprint density at radius 2 is 1.82 bits per heavy atom. The van der Waals surface area contributed by atoms with E-state index in [0.717, 1.165) is 62.4 Å². The van der Waals surface area contributed by atoms with Gasteiger partial charge in [-0.1, -0.05) is 12.2 Å². The maximum absolute atomic E-state index is 13.0. The van der Waals surface area contributed by atoms with Crippen LogP contribution in [0.3, 0.4) is 0 Å². The first-order valence-corrected chi connectivity index (χ1v) is 10.1. The first kappa shape index (κ1) is 18.9. The van der Waals surface area contributed by atoms with Gasteiger partial charge in [-0.2, -0.15) is 0 Å². The number of nitrogens with one attached hydrogen (secondary N) is 1. The van der Waals surface area contributed by atoms with Gasteiger partial charge in [-0.05, 0) is 62.9 Å². The number of hydrogen-bond acceptors (Lipinski definition) is 3. The molecule has 1 saturated heterocycles. The molecule has 2 aromatic rings. The number of aromatic amines is 1. The Balaban J connectivity index is 1.28. The van der Waals surface area contributed by atoms with Gasteiger partial charge in [0.2, 0.25) is 0 Å². The van der Waals surface area contributed by atoms with Gasteiger partial charge in [0.05, 0.1) is 10.7 Å². The minimum Gasteiger partial charge on any atom is -0.306 e.